The van der Waals surface area contributed by atoms with E-state index in [1.807, 2.05) is 13.0 Å². The molecule has 0 saturated heterocycles. The highest BCUT2D eigenvalue weighted by molar-refractivity contribution is 6.40. The van der Waals surface area contributed by atoms with E-state index in [2.05, 4.69) is 10.3 Å². The largest absolute Gasteiger partial charge is 0.382 e. The summed E-state index contributed by atoms with van der Waals surface area (Å²) in [5.74, 6) is 0.349. The standard InChI is InChI=1S/C17H18Cl4N4/c1-2-25(16-12(19)4-3-5-13(16)20)17(22)24-9-8-23-15-7-6-11(18)10-14(15)21/h3-7,10,23H,2,8-9H2,1H3,(H2,22,24). The second-order valence-corrected chi connectivity index (χ2v) is 6.76. The number of para-hydroxylation sites is 1. The van der Waals surface area contributed by atoms with Crippen molar-refractivity contribution in [2.45, 2.75) is 6.92 Å². The summed E-state index contributed by atoms with van der Waals surface area (Å²) < 4.78 is 0. The van der Waals surface area contributed by atoms with Crippen LogP contribution in [-0.4, -0.2) is 25.6 Å². The minimum atomic E-state index is 0.349. The van der Waals surface area contributed by atoms with Crippen molar-refractivity contribution in [1.82, 2.24) is 0 Å². The highest BCUT2D eigenvalue weighted by Gasteiger charge is 2.15. The molecule has 0 atom stereocenters. The fourth-order valence-electron chi connectivity index (χ4n) is 2.26. The first-order valence-corrected chi connectivity index (χ1v) is 9.15. The van der Waals surface area contributed by atoms with E-state index in [4.69, 9.17) is 52.1 Å². The Kier molecular flexibility index (Phi) is 7.51. The summed E-state index contributed by atoms with van der Waals surface area (Å²) in [6.07, 6.45) is 0. The number of halogens is 4. The molecule has 0 spiro atoms. The summed E-state index contributed by atoms with van der Waals surface area (Å²) >= 11 is 24.5. The van der Waals surface area contributed by atoms with Crippen LogP contribution in [0.3, 0.4) is 0 Å². The van der Waals surface area contributed by atoms with Gasteiger partial charge in [0.1, 0.15) is 0 Å². The van der Waals surface area contributed by atoms with Gasteiger partial charge in [0, 0.05) is 18.1 Å². The fraction of sp³-hybridized carbons (Fsp3) is 0.235. The van der Waals surface area contributed by atoms with Gasteiger partial charge in [0.25, 0.3) is 0 Å². The number of anilines is 2. The Bertz CT molecular complexity index is 744. The highest BCUT2D eigenvalue weighted by atomic mass is 35.5. The molecule has 0 aliphatic rings. The third-order valence-corrected chi connectivity index (χ3v) is 4.59. The third kappa shape index (κ3) is 5.32. The van der Waals surface area contributed by atoms with Gasteiger partial charge >= 0.3 is 0 Å². The molecule has 25 heavy (non-hydrogen) atoms. The normalized spacial score (nSPS) is 11.5. The number of nitrogens with one attached hydrogen (secondary N) is 1. The smallest absolute Gasteiger partial charge is 0.195 e. The zero-order valence-corrected chi connectivity index (χ0v) is 16.6. The van der Waals surface area contributed by atoms with Gasteiger partial charge in [0.05, 0.1) is 33.0 Å². The molecule has 0 saturated carbocycles. The van der Waals surface area contributed by atoms with E-state index < -0.39 is 0 Å². The lowest BCUT2D eigenvalue weighted by molar-refractivity contribution is 0.977. The van der Waals surface area contributed by atoms with Crippen LogP contribution in [0.5, 0.6) is 0 Å². The van der Waals surface area contributed by atoms with E-state index in [0.29, 0.717) is 51.4 Å². The quantitative estimate of drug-likeness (QED) is 0.366. The van der Waals surface area contributed by atoms with Crippen molar-refractivity contribution >= 4 is 63.7 Å². The van der Waals surface area contributed by atoms with E-state index >= 15 is 0 Å². The van der Waals surface area contributed by atoms with E-state index in [0.717, 1.165) is 5.69 Å². The van der Waals surface area contributed by atoms with Crippen molar-refractivity contribution in [1.29, 1.82) is 0 Å². The topological polar surface area (TPSA) is 53.6 Å². The monoisotopic (exact) mass is 418 g/mol. The Morgan fingerprint density at radius 1 is 1.08 bits per heavy atom. The van der Waals surface area contributed by atoms with Gasteiger partial charge in [-0.3, -0.25) is 4.99 Å². The zero-order valence-electron chi connectivity index (χ0n) is 13.6. The summed E-state index contributed by atoms with van der Waals surface area (Å²) in [5, 5.41) is 5.39. The first kappa shape index (κ1) is 20.0. The molecule has 4 nitrogen and oxygen atoms in total. The summed E-state index contributed by atoms with van der Waals surface area (Å²) in [5.41, 5.74) is 7.56. The van der Waals surface area contributed by atoms with Gasteiger partial charge in [-0.1, -0.05) is 52.5 Å². The molecule has 0 unspecified atom stereocenters. The Labute approximate surface area is 167 Å². The maximum absolute atomic E-state index is 6.24. The minimum Gasteiger partial charge on any atom is -0.382 e. The van der Waals surface area contributed by atoms with Gasteiger partial charge in [-0.25, -0.2) is 0 Å². The van der Waals surface area contributed by atoms with Gasteiger partial charge in [0.15, 0.2) is 5.96 Å². The molecule has 0 fully saturated rings. The molecule has 0 amide bonds. The number of hydrogen-bond donors (Lipinski definition) is 2. The first-order valence-electron chi connectivity index (χ1n) is 7.64. The summed E-state index contributed by atoms with van der Waals surface area (Å²) in [6.45, 7) is 3.57. The van der Waals surface area contributed by atoms with Crippen molar-refractivity contribution < 1.29 is 0 Å². The van der Waals surface area contributed by atoms with Gasteiger partial charge in [0.2, 0.25) is 0 Å². The molecule has 8 heteroatoms. The summed E-state index contributed by atoms with van der Waals surface area (Å²) in [6, 6.07) is 10.6. The van der Waals surface area contributed by atoms with Crippen LogP contribution in [0.25, 0.3) is 0 Å². The average Bonchev–Trinajstić information content (AvgIpc) is 2.56. The second kappa shape index (κ2) is 9.39. The second-order valence-electron chi connectivity index (χ2n) is 5.11. The molecule has 134 valence electrons. The molecule has 2 aromatic carbocycles. The molecule has 3 N–H and O–H groups in total. The molecule has 2 rings (SSSR count). The number of benzene rings is 2. The lowest BCUT2D eigenvalue weighted by atomic mass is 10.3. The number of nitrogens with two attached hydrogens (primary N) is 1. The highest BCUT2D eigenvalue weighted by Crippen LogP contribution is 2.33. The van der Waals surface area contributed by atoms with Crippen molar-refractivity contribution in [2.24, 2.45) is 10.7 Å². The van der Waals surface area contributed by atoms with Crippen LogP contribution in [-0.2, 0) is 0 Å². The predicted octanol–water partition coefficient (Wildman–Crippen LogP) is 5.55. The lowest BCUT2D eigenvalue weighted by Gasteiger charge is -2.24. The van der Waals surface area contributed by atoms with Crippen LogP contribution in [0, 0.1) is 0 Å². The molecular weight excluding hydrogens is 402 g/mol. The molecule has 0 aromatic heterocycles. The Morgan fingerprint density at radius 3 is 2.36 bits per heavy atom. The zero-order chi connectivity index (χ0) is 18.4. The molecule has 0 aliphatic carbocycles. The van der Waals surface area contributed by atoms with Gasteiger partial charge in [-0.15, -0.1) is 0 Å². The van der Waals surface area contributed by atoms with Gasteiger partial charge in [-0.2, -0.15) is 0 Å². The molecule has 0 heterocycles. The number of rotatable bonds is 6. The summed E-state index contributed by atoms with van der Waals surface area (Å²) in [7, 11) is 0. The predicted molar refractivity (Wildman–Crippen MR) is 111 cm³/mol. The van der Waals surface area contributed by atoms with Crippen molar-refractivity contribution in [3.05, 3.63) is 56.5 Å². The molecule has 2 aromatic rings. The molecular formula is C17H18Cl4N4. The number of aliphatic imine (C=N–C) groups is 1. The maximum atomic E-state index is 6.24. The van der Waals surface area contributed by atoms with Gasteiger partial charge in [-0.05, 0) is 37.3 Å². The molecule has 0 bridgehead atoms. The number of nitrogens with zero attached hydrogens (tertiary/aromatic N) is 2. The van der Waals surface area contributed by atoms with E-state index in [-0.39, 0.29) is 0 Å². The van der Waals surface area contributed by atoms with Crippen molar-refractivity contribution in [3.8, 4) is 0 Å². The van der Waals surface area contributed by atoms with Crippen molar-refractivity contribution in [2.75, 3.05) is 29.9 Å². The minimum absolute atomic E-state index is 0.349. The van der Waals surface area contributed by atoms with Crippen LogP contribution in [0.1, 0.15) is 6.92 Å². The number of hydrogen-bond acceptors (Lipinski definition) is 2. The third-order valence-electron chi connectivity index (χ3n) is 3.43. The number of guanidine groups is 1. The van der Waals surface area contributed by atoms with Crippen LogP contribution in [0.2, 0.25) is 20.1 Å². The van der Waals surface area contributed by atoms with Crippen LogP contribution in [0.15, 0.2) is 41.4 Å². The summed E-state index contributed by atoms with van der Waals surface area (Å²) in [4.78, 5) is 6.17. The van der Waals surface area contributed by atoms with E-state index in [1.54, 1.807) is 35.2 Å². The maximum Gasteiger partial charge on any atom is 0.195 e. The fourth-order valence-corrected chi connectivity index (χ4v) is 3.34. The average molecular weight is 420 g/mol. The Hall–Kier alpha value is -1.33. The van der Waals surface area contributed by atoms with Crippen molar-refractivity contribution in [3.63, 3.8) is 0 Å². The van der Waals surface area contributed by atoms with Crippen LogP contribution < -0.4 is 16.0 Å². The van der Waals surface area contributed by atoms with Gasteiger partial charge < -0.3 is 16.0 Å². The van der Waals surface area contributed by atoms with Crippen LogP contribution in [0.4, 0.5) is 11.4 Å². The Morgan fingerprint density at radius 2 is 1.76 bits per heavy atom. The van der Waals surface area contributed by atoms with E-state index in [9.17, 15) is 0 Å². The SMILES string of the molecule is CCN(C(N)=NCCNc1ccc(Cl)cc1Cl)c1c(Cl)cccc1Cl. The van der Waals surface area contributed by atoms with Crippen LogP contribution >= 0.6 is 46.4 Å². The first-order chi connectivity index (χ1) is 11.9. The molecule has 0 aliphatic heterocycles. The lowest BCUT2D eigenvalue weighted by Crippen LogP contribution is -2.38. The molecule has 0 radical (unpaired) electrons. The van der Waals surface area contributed by atoms with E-state index in [1.165, 1.54) is 0 Å². The Balaban J connectivity index is 2.02.